The van der Waals surface area contributed by atoms with Crippen LogP contribution in [-0.2, 0) is 40.4 Å². The van der Waals surface area contributed by atoms with Crippen LogP contribution in [0, 0.1) is 11.3 Å². The first-order valence-electron chi connectivity index (χ1n) is 14.2. The second-order valence-corrected chi connectivity index (χ2v) is 14.3. The number of nitrogens with one attached hydrogen (secondary N) is 1. The van der Waals surface area contributed by atoms with Gasteiger partial charge in [-0.25, -0.2) is 13.2 Å². The molecule has 3 heterocycles. The van der Waals surface area contributed by atoms with E-state index >= 15 is 0 Å². The molecule has 2 aliphatic heterocycles. The molecule has 5 rings (SSSR count). The number of benzene rings is 2. The fraction of sp³-hybridized carbons (Fsp3) is 0.400. The quantitative estimate of drug-likeness (QED) is 0.219. The molecule has 11 nitrogen and oxygen atoms in total. The molecule has 0 bridgehead atoms. The molecular formula is C30H33ClN4O7S2. The summed E-state index contributed by atoms with van der Waals surface area (Å²) in [5, 5.41) is 9.86. The summed E-state index contributed by atoms with van der Waals surface area (Å²) in [4.78, 5) is 41.5. The first-order chi connectivity index (χ1) is 21.0. The summed E-state index contributed by atoms with van der Waals surface area (Å²) in [6.07, 6.45) is 1.24. The Morgan fingerprint density at radius 3 is 2.43 bits per heavy atom. The van der Waals surface area contributed by atoms with E-state index in [0.29, 0.717) is 64.6 Å². The van der Waals surface area contributed by atoms with Crippen LogP contribution in [0.2, 0.25) is 5.02 Å². The molecule has 1 amide bonds. The molecule has 0 saturated carbocycles. The number of halogens is 1. The van der Waals surface area contributed by atoms with E-state index in [1.807, 2.05) is 4.90 Å². The number of hydrogen-bond acceptors (Lipinski definition) is 9. The minimum Gasteiger partial charge on any atom is -0.467 e. The van der Waals surface area contributed by atoms with Gasteiger partial charge >= 0.3 is 11.9 Å². The van der Waals surface area contributed by atoms with Crippen LogP contribution in [0.5, 0.6) is 0 Å². The van der Waals surface area contributed by atoms with Crippen LogP contribution in [0.4, 0.5) is 0 Å². The van der Waals surface area contributed by atoms with Crippen molar-refractivity contribution in [2.45, 2.75) is 36.6 Å². The molecule has 2 fully saturated rings. The third-order valence-corrected chi connectivity index (χ3v) is 11.5. The van der Waals surface area contributed by atoms with Crippen molar-refractivity contribution in [3.63, 3.8) is 0 Å². The maximum absolute atomic E-state index is 13.6. The maximum Gasteiger partial charge on any atom is 0.329 e. The summed E-state index contributed by atoms with van der Waals surface area (Å²) in [5.41, 5.74) is 1.39. The molecule has 0 unspecified atom stereocenters. The molecule has 1 aromatic heterocycles. The van der Waals surface area contributed by atoms with Gasteiger partial charge in [-0.1, -0.05) is 41.9 Å². The van der Waals surface area contributed by atoms with Crippen molar-refractivity contribution in [1.82, 2.24) is 14.1 Å². The zero-order valence-electron chi connectivity index (χ0n) is 24.3. The van der Waals surface area contributed by atoms with Gasteiger partial charge in [0.2, 0.25) is 5.91 Å². The molecule has 234 valence electrons. The van der Waals surface area contributed by atoms with Gasteiger partial charge in [0.1, 0.15) is 16.1 Å². The molecular weight excluding hydrogens is 628 g/mol. The van der Waals surface area contributed by atoms with E-state index in [4.69, 9.17) is 26.5 Å². The van der Waals surface area contributed by atoms with Crippen molar-refractivity contribution in [3.8, 4) is 0 Å². The van der Waals surface area contributed by atoms with E-state index in [0.717, 1.165) is 15.6 Å². The topological polar surface area (TPSA) is 137 Å². The molecule has 1 atom stereocenters. The van der Waals surface area contributed by atoms with Gasteiger partial charge in [0.15, 0.2) is 0 Å². The third-order valence-electron chi connectivity index (χ3n) is 7.92. The number of carbonyl (C=O) groups excluding carboxylic acids is 3. The molecule has 2 saturated heterocycles. The summed E-state index contributed by atoms with van der Waals surface area (Å²) in [5.74, 6) is -1.25. The number of fused-ring (bicyclic) bond motifs is 1. The van der Waals surface area contributed by atoms with Crippen LogP contribution in [0.15, 0.2) is 52.7 Å². The average Bonchev–Trinajstić information content (AvgIpc) is 3.46. The van der Waals surface area contributed by atoms with E-state index in [1.54, 1.807) is 49.4 Å². The molecule has 44 heavy (non-hydrogen) atoms. The number of sulfonamides is 1. The predicted molar refractivity (Wildman–Crippen MR) is 166 cm³/mol. The Labute approximate surface area is 264 Å². The van der Waals surface area contributed by atoms with Crippen molar-refractivity contribution in [2.24, 2.45) is 5.92 Å². The zero-order chi connectivity index (χ0) is 31.6. The lowest BCUT2D eigenvalue weighted by molar-refractivity contribution is -0.157. The zero-order valence-corrected chi connectivity index (χ0v) is 26.7. The Morgan fingerprint density at radius 2 is 1.77 bits per heavy atom. The fourth-order valence-electron chi connectivity index (χ4n) is 5.47. The SMILES string of the molecule is CCOC(=O)C1CCN(C(=N)c2ccc(CN3C(=O)CN(S(=O)(=O)c4cc5ccc(Cl)cc5s4)C[C@@H]3C(=O)OC)cc2)CC1. The summed E-state index contributed by atoms with van der Waals surface area (Å²) < 4.78 is 39.0. The number of hydrogen-bond donors (Lipinski definition) is 1. The van der Waals surface area contributed by atoms with E-state index in [9.17, 15) is 22.8 Å². The highest BCUT2D eigenvalue weighted by Crippen LogP contribution is 2.34. The van der Waals surface area contributed by atoms with E-state index in [-0.39, 0.29) is 29.2 Å². The molecule has 0 spiro atoms. The lowest BCUT2D eigenvalue weighted by atomic mass is 9.96. The normalized spacial score (nSPS) is 18.4. The Kier molecular flexibility index (Phi) is 9.59. The van der Waals surface area contributed by atoms with Gasteiger partial charge in [-0.05, 0) is 48.9 Å². The minimum atomic E-state index is -4.08. The maximum atomic E-state index is 13.6. The number of amidine groups is 1. The number of thiophene rings is 1. The molecule has 0 aliphatic carbocycles. The van der Waals surface area contributed by atoms with Gasteiger partial charge in [-0.15, -0.1) is 11.3 Å². The van der Waals surface area contributed by atoms with Gasteiger partial charge in [0, 0.05) is 41.5 Å². The molecule has 1 N–H and O–H groups in total. The predicted octanol–water partition coefficient (Wildman–Crippen LogP) is 3.73. The highest BCUT2D eigenvalue weighted by atomic mass is 35.5. The number of piperazine rings is 1. The van der Waals surface area contributed by atoms with Gasteiger partial charge in [-0.2, -0.15) is 4.31 Å². The van der Waals surface area contributed by atoms with E-state index in [2.05, 4.69) is 0 Å². The van der Waals surface area contributed by atoms with Crippen molar-refractivity contribution in [2.75, 3.05) is 39.9 Å². The highest BCUT2D eigenvalue weighted by Gasteiger charge is 2.43. The standard InChI is InChI=1S/C30H33ClN4O7S2/c1-3-42-29(37)21-10-12-33(13-11-21)28(32)20-6-4-19(5-7-20)16-35-24(30(38)41-2)17-34(18-26(35)36)44(39,40)27-14-22-8-9-23(31)15-25(22)43-27/h4-9,14-15,21,24,32H,3,10-13,16-18H2,1-2H3/t24-/m1/s1. The summed E-state index contributed by atoms with van der Waals surface area (Å²) in [6, 6.07) is 12.6. The number of ether oxygens (including phenoxy) is 2. The second kappa shape index (κ2) is 13.2. The Morgan fingerprint density at radius 1 is 1.07 bits per heavy atom. The number of carbonyl (C=O) groups is 3. The second-order valence-electron chi connectivity index (χ2n) is 10.7. The first-order valence-corrected chi connectivity index (χ1v) is 16.8. The van der Waals surface area contributed by atoms with Crippen molar-refractivity contribution in [3.05, 3.63) is 64.7 Å². The van der Waals surface area contributed by atoms with Gasteiger partial charge in [-0.3, -0.25) is 15.0 Å². The van der Waals surface area contributed by atoms with Crippen LogP contribution in [0.3, 0.4) is 0 Å². The highest BCUT2D eigenvalue weighted by molar-refractivity contribution is 7.91. The monoisotopic (exact) mass is 660 g/mol. The van der Waals surface area contributed by atoms with Crippen molar-refractivity contribution in [1.29, 1.82) is 5.41 Å². The van der Waals surface area contributed by atoms with Gasteiger partial charge in [0.25, 0.3) is 10.0 Å². The smallest absolute Gasteiger partial charge is 0.329 e. The van der Waals surface area contributed by atoms with Crippen molar-refractivity contribution < 1.29 is 32.3 Å². The molecule has 2 aliphatic rings. The van der Waals surface area contributed by atoms with Gasteiger partial charge in [0.05, 0.1) is 26.2 Å². The van der Waals surface area contributed by atoms with Crippen LogP contribution in [-0.4, -0.2) is 92.1 Å². The average molecular weight is 661 g/mol. The fourth-order valence-corrected chi connectivity index (χ4v) is 8.70. The summed E-state index contributed by atoms with van der Waals surface area (Å²) >= 11 is 7.12. The van der Waals surface area contributed by atoms with Crippen LogP contribution in [0.1, 0.15) is 30.9 Å². The van der Waals surface area contributed by atoms with Gasteiger partial charge < -0.3 is 19.3 Å². The third kappa shape index (κ3) is 6.60. The first kappa shape index (κ1) is 31.9. The number of likely N-dealkylation sites (tertiary alicyclic amines) is 1. The molecule has 2 aromatic carbocycles. The molecule has 3 aromatic rings. The number of esters is 2. The Hall–Kier alpha value is -3.52. The van der Waals surface area contributed by atoms with Crippen LogP contribution < -0.4 is 0 Å². The van der Waals surface area contributed by atoms with Crippen LogP contribution in [0.25, 0.3) is 10.1 Å². The number of rotatable bonds is 8. The van der Waals surface area contributed by atoms with Crippen molar-refractivity contribution >= 4 is 66.7 Å². The Bertz CT molecular complexity index is 1680. The summed E-state index contributed by atoms with van der Waals surface area (Å²) in [6.45, 7) is 2.67. The van der Waals surface area contributed by atoms with E-state index < -0.39 is 34.5 Å². The minimum absolute atomic E-state index is 0.0581. The number of piperidine rings is 1. The summed E-state index contributed by atoms with van der Waals surface area (Å²) in [7, 11) is -2.88. The number of nitrogens with zero attached hydrogens (tertiary/aromatic N) is 3. The molecule has 14 heteroatoms. The molecule has 0 radical (unpaired) electrons. The Balaban J connectivity index is 1.27. The van der Waals surface area contributed by atoms with E-state index in [1.165, 1.54) is 18.1 Å². The van der Waals surface area contributed by atoms with Crippen LogP contribution >= 0.6 is 22.9 Å². The number of methoxy groups -OCH3 is 1. The number of amides is 1. The largest absolute Gasteiger partial charge is 0.467 e. The lowest BCUT2D eigenvalue weighted by Gasteiger charge is -2.38. The lowest BCUT2D eigenvalue weighted by Crippen LogP contribution is -2.60.